The van der Waals surface area contributed by atoms with Crippen molar-refractivity contribution in [2.45, 2.75) is 26.2 Å². The number of aliphatic carboxylic acids is 1. The first-order valence-electron chi connectivity index (χ1n) is 8.14. The topological polar surface area (TPSA) is 95.7 Å². The second-order valence-corrected chi connectivity index (χ2v) is 6.78. The average Bonchev–Trinajstić information content (AvgIpc) is 3.17. The van der Waals surface area contributed by atoms with E-state index in [-0.39, 0.29) is 18.5 Å². The van der Waals surface area contributed by atoms with Gasteiger partial charge in [0.25, 0.3) is 0 Å². The van der Waals surface area contributed by atoms with E-state index in [0.29, 0.717) is 30.1 Å². The number of anilines is 1. The van der Waals surface area contributed by atoms with E-state index < -0.39 is 11.4 Å². The van der Waals surface area contributed by atoms with Gasteiger partial charge in [-0.05, 0) is 30.9 Å². The fourth-order valence-electron chi connectivity index (χ4n) is 4.11. The van der Waals surface area contributed by atoms with Crippen molar-refractivity contribution in [2.75, 3.05) is 18.4 Å². The number of aromatic nitrogens is 1. The third-order valence-electron chi connectivity index (χ3n) is 5.33. The molecule has 0 unspecified atom stereocenters. The second-order valence-electron chi connectivity index (χ2n) is 6.78. The quantitative estimate of drug-likeness (QED) is 0.883. The van der Waals surface area contributed by atoms with Gasteiger partial charge < -0.3 is 19.7 Å². The molecule has 0 spiro atoms. The molecule has 7 heteroatoms. The number of rotatable bonds is 2. The Labute approximate surface area is 138 Å². The van der Waals surface area contributed by atoms with E-state index in [1.807, 2.05) is 0 Å². The molecule has 1 aliphatic carbocycles. The van der Waals surface area contributed by atoms with Crippen LogP contribution in [-0.2, 0) is 4.79 Å². The molecule has 0 bridgehead atoms. The normalized spacial score (nSPS) is 25.9. The van der Waals surface area contributed by atoms with Crippen molar-refractivity contribution in [1.82, 2.24) is 9.88 Å². The first kappa shape index (κ1) is 15.0. The fourth-order valence-corrected chi connectivity index (χ4v) is 4.11. The largest absolute Gasteiger partial charge is 0.481 e. The van der Waals surface area contributed by atoms with Crippen molar-refractivity contribution in [3.8, 4) is 0 Å². The number of fused-ring (bicyclic) bond motifs is 2. The molecule has 1 aliphatic heterocycles. The molecule has 126 valence electrons. The summed E-state index contributed by atoms with van der Waals surface area (Å²) < 4.78 is 5.47. The summed E-state index contributed by atoms with van der Waals surface area (Å²) in [4.78, 5) is 30.1. The van der Waals surface area contributed by atoms with Crippen LogP contribution in [0.3, 0.4) is 0 Å². The lowest BCUT2D eigenvalue weighted by Gasteiger charge is -2.23. The van der Waals surface area contributed by atoms with Crippen LogP contribution in [0.1, 0.15) is 25.2 Å². The Bertz CT molecular complexity index is 830. The van der Waals surface area contributed by atoms with Gasteiger partial charge in [0.15, 0.2) is 11.5 Å². The highest BCUT2D eigenvalue weighted by atomic mass is 16.4. The number of oxazole rings is 1. The molecule has 1 saturated carbocycles. The van der Waals surface area contributed by atoms with Gasteiger partial charge in [0.05, 0.1) is 5.41 Å². The van der Waals surface area contributed by atoms with E-state index in [0.717, 1.165) is 18.4 Å². The summed E-state index contributed by atoms with van der Waals surface area (Å²) in [5.41, 5.74) is 1.21. The molecular weight excluding hydrogens is 310 g/mol. The minimum absolute atomic E-state index is 0.0557. The number of carbonyl (C=O) groups excluding carboxylic acids is 1. The molecule has 0 radical (unpaired) electrons. The summed E-state index contributed by atoms with van der Waals surface area (Å²) in [5.74, 6) is -0.150. The van der Waals surface area contributed by atoms with Gasteiger partial charge >= 0.3 is 12.0 Å². The molecule has 2 heterocycles. The van der Waals surface area contributed by atoms with Crippen molar-refractivity contribution < 1.29 is 19.1 Å². The van der Waals surface area contributed by atoms with Gasteiger partial charge in [-0.2, -0.15) is 0 Å². The molecule has 2 aliphatic rings. The number of carbonyl (C=O) groups is 2. The van der Waals surface area contributed by atoms with E-state index in [2.05, 4.69) is 10.3 Å². The zero-order valence-electron chi connectivity index (χ0n) is 13.4. The highest BCUT2D eigenvalue weighted by Gasteiger charge is 2.55. The van der Waals surface area contributed by atoms with E-state index in [4.69, 9.17) is 4.42 Å². The van der Waals surface area contributed by atoms with Crippen LogP contribution in [0.5, 0.6) is 0 Å². The van der Waals surface area contributed by atoms with Crippen molar-refractivity contribution in [2.24, 2.45) is 11.3 Å². The Morgan fingerprint density at radius 3 is 3.04 bits per heavy atom. The lowest BCUT2D eigenvalue weighted by atomic mass is 9.81. The molecular formula is C17H19N3O4. The fraction of sp³-hybridized carbons (Fsp3) is 0.471. The Kier molecular flexibility index (Phi) is 3.26. The van der Waals surface area contributed by atoms with E-state index in [1.165, 1.54) is 0 Å². The molecule has 1 aromatic heterocycles. The molecule has 2 fully saturated rings. The highest BCUT2D eigenvalue weighted by Crippen LogP contribution is 2.48. The number of benzene rings is 1. The Balaban J connectivity index is 1.51. The summed E-state index contributed by atoms with van der Waals surface area (Å²) in [5, 5.41) is 12.4. The van der Waals surface area contributed by atoms with Crippen LogP contribution in [0.2, 0.25) is 0 Å². The number of carboxylic acid groups (broad SMARTS) is 1. The Morgan fingerprint density at radius 1 is 1.46 bits per heavy atom. The van der Waals surface area contributed by atoms with Crippen LogP contribution in [-0.4, -0.2) is 40.1 Å². The molecule has 1 saturated heterocycles. The third kappa shape index (κ3) is 2.23. The van der Waals surface area contributed by atoms with Crippen molar-refractivity contribution >= 4 is 28.8 Å². The molecule has 2 N–H and O–H groups in total. The van der Waals surface area contributed by atoms with Gasteiger partial charge in [-0.25, -0.2) is 9.78 Å². The molecule has 2 amide bonds. The number of aryl methyl sites for hydroxylation is 1. The number of nitrogens with zero attached hydrogens (tertiary/aromatic N) is 2. The number of urea groups is 1. The van der Waals surface area contributed by atoms with Crippen LogP contribution in [0.25, 0.3) is 11.1 Å². The zero-order valence-corrected chi connectivity index (χ0v) is 13.4. The third-order valence-corrected chi connectivity index (χ3v) is 5.33. The predicted molar refractivity (Wildman–Crippen MR) is 86.7 cm³/mol. The van der Waals surface area contributed by atoms with Crippen LogP contribution in [0.4, 0.5) is 10.5 Å². The molecule has 2 atom stereocenters. The van der Waals surface area contributed by atoms with Crippen LogP contribution in [0, 0.1) is 18.3 Å². The first-order chi connectivity index (χ1) is 11.5. The summed E-state index contributed by atoms with van der Waals surface area (Å²) >= 11 is 0. The highest BCUT2D eigenvalue weighted by molar-refractivity contribution is 5.92. The standard InChI is InChI=1S/C17H19N3O4/c1-10-18-13-5-4-12(7-14(13)24-10)19-16(23)20-8-11-3-2-6-17(11,9-20)15(21)22/h4-5,7,11H,2-3,6,8-9H2,1H3,(H,19,23)(H,21,22)/t11-,17+/m0/s1. The summed E-state index contributed by atoms with van der Waals surface area (Å²) in [7, 11) is 0. The number of hydrogen-bond acceptors (Lipinski definition) is 4. The smallest absolute Gasteiger partial charge is 0.321 e. The number of amides is 2. The number of hydrogen-bond donors (Lipinski definition) is 2. The number of carboxylic acids is 1. The Morgan fingerprint density at radius 2 is 2.29 bits per heavy atom. The van der Waals surface area contributed by atoms with Crippen molar-refractivity contribution in [3.05, 3.63) is 24.1 Å². The van der Waals surface area contributed by atoms with Gasteiger partial charge in [0.2, 0.25) is 0 Å². The lowest BCUT2D eigenvalue weighted by Crippen LogP contribution is -2.38. The summed E-state index contributed by atoms with van der Waals surface area (Å²) in [6.45, 7) is 2.55. The van der Waals surface area contributed by atoms with Crippen LogP contribution < -0.4 is 5.32 Å². The lowest BCUT2D eigenvalue weighted by molar-refractivity contribution is -0.149. The van der Waals surface area contributed by atoms with Crippen molar-refractivity contribution in [1.29, 1.82) is 0 Å². The monoisotopic (exact) mass is 329 g/mol. The van der Waals surface area contributed by atoms with Gasteiger partial charge in [0, 0.05) is 31.8 Å². The van der Waals surface area contributed by atoms with Gasteiger partial charge in [-0.15, -0.1) is 0 Å². The molecule has 24 heavy (non-hydrogen) atoms. The Hall–Kier alpha value is -2.57. The van der Waals surface area contributed by atoms with Gasteiger partial charge in [0.1, 0.15) is 5.52 Å². The van der Waals surface area contributed by atoms with Crippen LogP contribution in [0.15, 0.2) is 22.6 Å². The molecule has 1 aromatic carbocycles. The molecule has 7 nitrogen and oxygen atoms in total. The van der Waals surface area contributed by atoms with E-state index in [9.17, 15) is 14.7 Å². The first-order valence-corrected chi connectivity index (χ1v) is 8.14. The minimum Gasteiger partial charge on any atom is -0.481 e. The maximum atomic E-state index is 12.5. The SMILES string of the molecule is Cc1nc2ccc(NC(=O)N3C[C@@H]4CCC[C@@]4(C(=O)O)C3)cc2o1. The minimum atomic E-state index is -0.779. The summed E-state index contributed by atoms with van der Waals surface area (Å²) in [6.07, 6.45) is 2.45. The average molecular weight is 329 g/mol. The zero-order chi connectivity index (χ0) is 16.9. The van der Waals surface area contributed by atoms with Gasteiger partial charge in [-0.1, -0.05) is 6.42 Å². The second kappa shape index (κ2) is 5.22. The van der Waals surface area contributed by atoms with Crippen molar-refractivity contribution in [3.63, 3.8) is 0 Å². The molecule has 4 rings (SSSR count). The van der Waals surface area contributed by atoms with E-state index >= 15 is 0 Å². The predicted octanol–water partition coefficient (Wildman–Crippen LogP) is 2.85. The van der Waals surface area contributed by atoms with E-state index in [1.54, 1.807) is 30.0 Å². The summed E-state index contributed by atoms with van der Waals surface area (Å²) in [6, 6.07) is 5.03. The number of likely N-dealkylation sites (tertiary alicyclic amines) is 1. The maximum absolute atomic E-state index is 12.5. The number of nitrogens with one attached hydrogen (secondary N) is 1. The molecule has 2 aromatic rings. The van der Waals surface area contributed by atoms with Crippen LogP contribution >= 0.6 is 0 Å². The maximum Gasteiger partial charge on any atom is 0.321 e. The van der Waals surface area contributed by atoms with Gasteiger partial charge in [-0.3, -0.25) is 4.79 Å².